The average molecular weight is 1700 g/mol. The Hall–Kier alpha value is -10.4. The third-order valence-electron chi connectivity index (χ3n) is 29.7. The van der Waals surface area contributed by atoms with Crippen LogP contribution in [0.4, 0.5) is 85.3 Å². The number of rotatable bonds is 5. The molecule has 12 aromatic rings. The number of hydrogen-bond donors (Lipinski definition) is 0. The molecule has 0 unspecified atom stereocenters. The lowest BCUT2D eigenvalue weighted by molar-refractivity contribution is 0.433. The molecule has 0 saturated carbocycles. The fraction of sp³-hybridized carbons (Fsp3) is 0.400. The van der Waals surface area contributed by atoms with Crippen LogP contribution in [-0.2, 0) is 65.0 Å². The minimum absolute atomic E-state index is 0.162. The predicted octanol–water partition coefficient (Wildman–Crippen LogP) is 27.8. The lowest BCUT2D eigenvalue weighted by Gasteiger charge is -2.53. The molecule has 0 atom stereocenters. The molecule has 19 rings (SSSR count). The Morgan fingerprint density at radius 1 is 0.186 bits per heavy atom. The van der Waals surface area contributed by atoms with E-state index in [0.717, 1.165) is 34.2 Å². The Bertz CT molecular complexity index is 6620. The van der Waals surface area contributed by atoms with Crippen LogP contribution in [0.3, 0.4) is 0 Å². The van der Waals surface area contributed by atoms with Crippen molar-refractivity contribution in [2.45, 2.75) is 314 Å². The fourth-order valence-electron chi connectivity index (χ4n) is 21.7. The summed E-state index contributed by atoms with van der Waals surface area (Å²) < 4.78 is 8.30. The van der Waals surface area contributed by atoms with Gasteiger partial charge in [-0.15, -0.1) is 0 Å². The van der Waals surface area contributed by atoms with Crippen LogP contribution in [0, 0.1) is 0 Å². The zero-order valence-corrected chi connectivity index (χ0v) is 84.9. The van der Waals surface area contributed by atoms with Crippen molar-refractivity contribution < 1.29 is 4.74 Å². The van der Waals surface area contributed by atoms with Crippen LogP contribution in [0.5, 0.6) is 11.5 Å². The minimum Gasteiger partial charge on any atom is -0.452 e. The summed E-state index contributed by atoms with van der Waals surface area (Å²) in [5.74, 6) is 1.92. The molecular weight excluding hydrogens is 1560 g/mol. The van der Waals surface area contributed by atoms with Gasteiger partial charge in [-0.3, -0.25) is 0 Å². The smallest absolute Gasteiger partial charge is 0.252 e. The quantitative estimate of drug-likeness (QED) is 0.159. The number of hydrogen-bond acceptors (Lipinski definition) is 6. The summed E-state index contributed by atoms with van der Waals surface area (Å²) in [7, 11) is 0. The normalized spacial score (nSPS) is 15.2. The highest BCUT2D eigenvalue weighted by Gasteiger charge is 2.58. The van der Waals surface area contributed by atoms with Crippen molar-refractivity contribution >= 4 is 155 Å². The van der Waals surface area contributed by atoms with E-state index in [1.54, 1.807) is 0 Å². The summed E-state index contributed by atoms with van der Waals surface area (Å²) in [5, 5.41) is 0. The third-order valence-corrected chi connectivity index (χ3v) is 29.7. The van der Waals surface area contributed by atoms with Crippen LogP contribution in [0.25, 0.3) is 11.1 Å². The number of fused-ring (bicyclic) bond motifs is 10. The van der Waals surface area contributed by atoms with Crippen molar-refractivity contribution in [1.29, 1.82) is 0 Å². The molecule has 7 aliphatic rings. The van der Waals surface area contributed by atoms with Crippen molar-refractivity contribution in [2.75, 3.05) is 24.5 Å². The molecule has 7 heterocycles. The molecular formula is C120H140B3N5O. The van der Waals surface area contributed by atoms with Crippen molar-refractivity contribution in [3.63, 3.8) is 0 Å². The van der Waals surface area contributed by atoms with Gasteiger partial charge in [0, 0.05) is 85.1 Å². The lowest BCUT2D eigenvalue weighted by Crippen LogP contribution is -2.70. The zero-order valence-electron chi connectivity index (χ0n) is 84.9. The molecule has 0 fully saturated rings. The molecule has 0 aliphatic carbocycles. The summed E-state index contributed by atoms with van der Waals surface area (Å²) in [6.45, 7) is 85.7. The van der Waals surface area contributed by atoms with Gasteiger partial charge in [0.1, 0.15) is 0 Å². The van der Waals surface area contributed by atoms with Crippen LogP contribution < -0.4 is 78.4 Å². The minimum atomic E-state index is -0.322. The first-order valence-corrected chi connectivity index (χ1v) is 48.1. The number of ether oxygens (including phenoxy) is 1. The lowest BCUT2D eigenvalue weighted by atomic mass is 9.27. The van der Waals surface area contributed by atoms with E-state index in [4.69, 9.17) is 4.74 Å². The summed E-state index contributed by atoms with van der Waals surface area (Å²) in [5.41, 5.74) is 44.7. The van der Waals surface area contributed by atoms with Crippen LogP contribution >= 0.6 is 0 Å². The number of benzene rings is 12. The van der Waals surface area contributed by atoms with Gasteiger partial charge < -0.3 is 29.2 Å². The summed E-state index contributed by atoms with van der Waals surface area (Å²) in [6.07, 6.45) is 0. The molecule has 0 radical (unpaired) electrons. The molecule has 0 aromatic heterocycles. The highest BCUT2D eigenvalue weighted by atomic mass is 16.5. The van der Waals surface area contributed by atoms with E-state index in [-0.39, 0.29) is 85.1 Å². The van der Waals surface area contributed by atoms with Gasteiger partial charge >= 0.3 is 0 Å². The molecule has 0 bridgehead atoms. The Kier molecular flexibility index (Phi) is 19.2. The Morgan fingerprint density at radius 3 is 0.744 bits per heavy atom. The Balaban J connectivity index is 1.05. The zero-order chi connectivity index (χ0) is 93.0. The maximum Gasteiger partial charge on any atom is 0.252 e. The maximum absolute atomic E-state index is 8.30. The SMILES string of the molecule is CC(C)(C)c1cc(N2c3cc(C(C)(C)C)ccc3B3c4cc5c(cc4N(c4cc(C(C)(C)C)cc(C(C)(C)C)c4)c4cc(-c6ccccc6)cc2c43)N(c2cc(C(C)(C)C)cc(C(C)(C)C)c2)c2cc3c4c6c2B5c2ccc(C(C)(C)C)c5c2N6c2c(ccc(C(C)(C)C)c2O5)B4c2ccc(C(C)(C)C)cc2N3c2cc(C(C)(C)C)cc(C(C)(C)C)c2)cc(C(C)(C)C)c1. The summed E-state index contributed by atoms with van der Waals surface area (Å²) in [4.78, 5) is 13.9. The Morgan fingerprint density at radius 2 is 0.450 bits per heavy atom. The van der Waals surface area contributed by atoms with Crippen molar-refractivity contribution in [3.8, 4) is 22.6 Å². The number of nitrogens with zero attached hydrogens (tertiary/aromatic N) is 5. The van der Waals surface area contributed by atoms with E-state index in [9.17, 15) is 0 Å². The van der Waals surface area contributed by atoms with E-state index in [0.29, 0.717) is 0 Å². The second kappa shape index (κ2) is 28.1. The number of anilines is 15. The topological polar surface area (TPSA) is 25.4 Å². The molecule has 0 amide bonds. The van der Waals surface area contributed by atoms with Gasteiger partial charge in [0.2, 0.25) is 0 Å². The second-order valence-electron chi connectivity index (χ2n) is 51.8. The molecule has 7 aliphatic heterocycles. The molecule has 9 heteroatoms. The highest BCUT2D eigenvalue weighted by Crippen LogP contribution is 2.62. The predicted molar refractivity (Wildman–Crippen MR) is 564 cm³/mol. The molecule has 0 spiro atoms. The van der Waals surface area contributed by atoms with Crippen LogP contribution in [0.1, 0.15) is 316 Å². The van der Waals surface area contributed by atoms with Gasteiger partial charge in [0.25, 0.3) is 20.1 Å². The van der Waals surface area contributed by atoms with Crippen molar-refractivity contribution in [2.24, 2.45) is 0 Å². The van der Waals surface area contributed by atoms with Gasteiger partial charge in [-0.2, -0.15) is 0 Å². The van der Waals surface area contributed by atoms with Crippen LogP contribution in [0.2, 0.25) is 0 Å². The van der Waals surface area contributed by atoms with Gasteiger partial charge in [0.15, 0.2) is 11.5 Å². The van der Waals surface area contributed by atoms with Crippen molar-refractivity contribution in [3.05, 3.63) is 261 Å². The standard InChI is InChI=1S/C120H140B3N5O/c1-109(2,3)71-42-46-87-93(64-71)125(82-58-75(113(13,14)15)53-76(59-82)114(16,17)18)99-68-100-103-106-102(99)121(87)89-48-44-85(119(31,32)33)107-104(89)128(106)105-90(49-45-86(108(105)129-107)120(34,35)36)123(103)92-66-91-95(67-96(92)127(100)84-62-79(117(25,26)27)55-80(63-84)118(28,29)30)126(83-60-77(115(19,20)21)54-78(61-83)116(22,23)24)98-51-70(69-40-38-37-39-41-69)50-97-101(98)122(91)88-47-43-72(110(4,5)6)65-94(88)124(97)81-56-73(111(7,8)9)52-74(57-81)112(10,11)12/h37-68H,1-36H3. The van der Waals surface area contributed by atoms with Crippen LogP contribution in [-0.4, -0.2) is 20.1 Å². The van der Waals surface area contributed by atoms with E-state index < -0.39 is 0 Å². The summed E-state index contributed by atoms with van der Waals surface area (Å²) >= 11 is 0. The molecule has 660 valence electrons. The van der Waals surface area contributed by atoms with E-state index in [2.05, 4.69) is 468 Å². The second-order valence-corrected chi connectivity index (χ2v) is 51.8. The highest BCUT2D eigenvalue weighted by molar-refractivity contribution is 7.06. The fourth-order valence-corrected chi connectivity index (χ4v) is 21.7. The van der Waals surface area contributed by atoms with Gasteiger partial charge in [0.05, 0.1) is 11.4 Å². The largest absolute Gasteiger partial charge is 0.452 e. The molecule has 129 heavy (non-hydrogen) atoms. The molecule has 6 nitrogen and oxygen atoms in total. The molecule has 12 aromatic carbocycles. The Labute approximate surface area is 776 Å². The van der Waals surface area contributed by atoms with E-state index in [1.807, 2.05) is 0 Å². The third kappa shape index (κ3) is 14.1. The summed E-state index contributed by atoms with van der Waals surface area (Å²) in [6, 6.07) is 80.7. The van der Waals surface area contributed by atoms with Gasteiger partial charge in [-0.1, -0.05) is 358 Å². The first kappa shape index (κ1) is 87.9. The van der Waals surface area contributed by atoms with Crippen molar-refractivity contribution in [1.82, 2.24) is 0 Å². The van der Waals surface area contributed by atoms with E-state index >= 15 is 0 Å². The average Bonchev–Trinajstić information content (AvgIpc) is 0.652. The van der Waals surface area contributed by atoms with Gasteiger partial charge in [-0.25, -0.2) is 0 Å². The van der Waals surface area contributed by atoms with Gasteiger partial charge in [-0.05, 0) is 266 Å². The first-order chi connectivity index (χ1) is 59.5. The monoisotopic (exact) mass is 1700 g/mol. The van der Waals surface area contributed by atoms with Crippen LogP contribution in [0.15, 0.2) is 194 Å². The molecule has 0 N–H and O–H groups in total. The first-order valence-electron chi connectivity index (χ1n) is 48.1. The molecule has 0 saturated heterocycles. The van der Waals surface area contributed by atoms with E-state index in [1.165, 1.54) is 190 Å². The maximum atomic E-state index is 8.30.